The summed E-state index contributed by atoms with van der Waals surface area (Å²) in [7, 11) is -3.54. The zero-order valence-electron chi connectivity index (χ0n) is 19.6. The summed E-state index contributed by atoms with van der Waals surface area (Å²) < 4.78 is 26.6. The molecule has 0 fully saturated rings. The highest BCUT2D eigenvalue weighted by Gasteiger charge is 2.23. The van der Waals surface area contributed by atoms with E-state index < -0.39 is 9.84 Å². The predicted molar refractivity (Wildman–Crippen MR) is 139 cm³/mol. The second-order valence-corrected chi connectivity index (χ2v) is 11.8. The maximum atomic E-state index is 13.3. The fourth-order valence-electron chi connectivity index (χ4n) is 3.46. The molecule has 33 heavy (non-hydrogen) atoms. The number of nitrogens with zero attached hydrogens (tertiary/aromatic N) is 3. The van der Waals surface area contributed by atoms with Gasteiger partial charge >= 0.3 is 0 Å². The van der Waals surface area contributed by atoms with Crippen molar-refractivity contribution in [2.75, 3.05) is 43.1 Å². The molecule has 3 aromatic rings. The van der Waals surface area contributed by atoms with Gasteiger partial charge in [0.15, 0.2) is 15.0 Å². The Labute approximate surface area is 204 Å². The molecule has 1 aromatic heterocycles. The molecule has 0 atom stereocenters. The van der Waals surface area contributed by atoms with Crippen LogP contribution in [0.2, 0.25) is 0 Å². The maximum Gasteiger partial charge on any atom is 0.229 e. The van der Waals surface area contributed by atoms with E-state index in [2.05, 4.69) is 24.8 Å². The Bertz CT molecular complexity index is 1190. The zero-order valence-corrected chi connectivity index (χ0v) is 22.0. The molecule has 9 heteroatoms. The minimum atomic E-state index is -3.54. The van der Waals surface area contributed by atoms with Gasteiger partial charge in [0, 0.05) is 24.4 Å². The molecule has 0 saturated carbocycles. The van der Waals surface area contributed by atoms with Crippen LogP contribution in [0, 0.1) is 6.92 Å². The summed E-state index contributed by atoms with van der Waals surface area (Å²) in [5.41, 5.74) is 1.84. The van der Waals surface area contributed by atoms with Crippen molar-refractivity contribution in [3.05, 3.63) is 48.0 Å². The highest BCUT2D eigenvalue weighted by molar-refractivity contribution is 7.98. The van der Waals surface area contributed by atoms with E-state index in [1.54, 1.807) is 40.9 Å². The van der Waals surface area contributed by atoms with E-state index in [4.69, 9.17) is 4.98 Å². The predicted octanol–water partition coefficient (Wildman–Crippen LogP) is 4.87. The lowest BCUT2D eigenvalue weighted by molar-refractivity contribution is -0.118. The average molecular weight is 506 g/mol. The van der Waals surface area contributed by atoms with E-state index in [0.29, 0.717) is 18.2 Å². The number of fused-ring (bicyclic) bond motifs is 1. The third-order valence-corrected chi connectivity index (χ3v) is 9.11. The minimum absolute atomic E-state index is 0.0829. The summed E-state index contributed by atoms with van der Waals surface area (Å²) in [6, 6.07) is 12.8. The Morgan fingerprint density at radius 3 is 2.39 bits per heavy atom. The molecule has 1 heterocycles. The number of carbonyl (C=O) groups is 1. The Morgan fingerprint density at radius 2 is 1.76 bits per heavy atom. The number of hydrogen-bond donors (Lipinski definition) is 0. The molecular formula is C24H31N3O3S3. The molecule has 0 bridgehead atoms. The van der Waals surface area contributed by atoms with Gasteiger partial charge in [0.1, 0.15) is 0 Å². The Kier molecular flexibility index (Phi) is 8.92. The molecule has 0 aliphatic rings. The maximum absolute atomic E-state index is 13.3. The Morgan fingerprint density at radius 1 is 1.06 bits per heavy atom. The van der Waals surface area contributed by atoms with Crippen molar-refractivity contribution < 1.29 is 13.2 Å². The van der Waals surface area contributed by atoms with Gasteiger partial charge in [0.2, 0.25) is 5.91 Å². The topological polar surface area (TPSA) is 70.6 Å². The molecule has 0 N–H and O–H groups in total. The molecular weight excluding hydrogens is 474 g/mol. The smallest absolute Gasteiger partial charge is 0.229 e. The van der Waals surface area contributed by atoms with Crippen LogP contribution in [0.1, 0.15) is 25.8 Å². The van der Waals surface area contributed by atoms with E-state index in [0.717, 1.165) is 33.8 Å². The van der Waals surface area contributed by atoms with Crippen LogP contribution in [-0.2, 0) is 14.6 Å². The molecule has 6 nitrogen and oxygen atoms in total. The summed E-state index contributed by atoms with van der Waals surface area (Å²) in [4.78, 5) is 23.3. The van der Waals surface area contributed by atoms with Crippen LogP contribution in [-0.4, -0.2) is 62.4 Å². The average Bonchev–Trinajstić information content (AvgIpc) is 3.23. The normalized spacial score (nSPS) is 11.9. The summed E-state index contributed by atoms with van der Waals surface area (Å²) in [6.07, 6.45) is 1.94. The number of likely N-dealkylation sites (N-methyl/N-ethyl adjacent to an activating group) is 1. The largest absolute Gasteiger partial charge is 0.302 e. The van der Waals surface area contributed by atoms with E-state index in [1.165, 1.54) is 11.3 Å². The Balaban J connectivity index is 1.82. The van der Waals surface area contributed by atoms with Crippen LogP contribution in [0.5, 0.6) is 0 Å². The molecule has 0 aliphatic heterocycles. The fourth-order valence-corrected chi connectivity index (χ4v) is 6.26. The van der Waals surface area contributed by atoms with Crippen LogP contribution in [0.25, 0.3) is 10.2 Å². The zero-order chi connectivity index (χ0) is 24.0. The van der Waals surface area contributed by atoms with Crippen molar-refractivity contribution in [1.82, 2.24) is 9.88 Å². The third-order valence-electron chi connectivity index (χ3n) is 5.62. The van der Waals surface area contributed by atoms with Crippen molar-refractivity contribution in [2.24, 2.45) is 0 Å². The summed E-state index contributed by atoms with van der Waals surface area (Å²) in [6.45, 7) is 9.04. The lowest BCUT2D eigenvalue weighted by atomic mass is 10.2. The number of anilines is 1. The monoisotopic (exact) mass is 505 g/mol. The number of thiazole rings is 1. The van der Waals surface area contributed by atoms with Gasteiger partial charge in [-0.15, -0.1) is 11.8 Å². The van der Waals surface area contributed by atoms with Gasteiger partial charge in [-0.1, -0.05) is 42.9 Å². The highest BCUT2D eigenvalue weighted by atomic mass is 32.2. The standard InChI is InChI=1S/C24H31N3O3S3/c1-5-26(6-2)14-15-27(24-25-21-12-9-19(31-4)17-22(21)32-24)23(28)13-16-33(29,30)20-10-7-18(3)8-11-20/h7-12,17H,5-6,13-16H2,1-4H3. The van der Waals surface area contributed by atoms with E-state index >= 15 is 0 Å². The summed E-state index contributed by atoms with van der Waals surface area (Å²) in [5, 5.41) is 0.619. The van der Waals surface area contributed by atoms with Gasteiger partial charge in [0.05, 0.1) is 20.9 Å². The number of sulfone groups is 1. The van der Waals surface area contributed by atoms with Crippen LogP contribution in [0.3, 0.4) is 0 Å². The van der Waals surface area contributed by atoms with Crippen molar-refractivity contribution in [1.29, 1.82) is 0 Å². The van der Waals surface area contributed by atoms with E-state index in [-0.39, 0.29) is 23.0 Å². The van der Waals surface area contributed by atoms with Gasteiger partial charge in [0.25, 0.3) is 0 Å². The molecule has 0 saturated heterocycles. The SMILES string of the molecule is CCN(CC)CCN(C(=O)CCS(=O)(=O)c1ccc(C)cc1)c1nc2ccc(SC)cc2s1. The summed E-state index contributed by atoms with van der Waals surface area (Å²) >= 11 is 3.14. The van der Waals surface area contributed by atoms with E-state index in [1.807, 2.05) is 25.3 Å². The number of aryl methyl sites for hydroxylation is 1. The number of rotatable bonds is 11. The van der Waals surface area contributed by atoms with Gasteiger partial charge in [-0.2, -0.15) is 0 Å². The molecule has 0 radical (unpaired) electrons. The first-order chi connectivity index (χ1) is 15.8. The van der Waals surface area contributed by atoms with Crippen molar-refractivity contribution in [3.63, 3.8) is 0 Å². The van der Waals surface area contributed by atoms with Crippen LogP contribution in [0.4, 0.5) is 5.13 Å². The number of hydrogen-bond acceptors (Lipinski definition) is 7. The second-order valence-electron chi connectivity index (χ2n) is 7.78. The van der Waals surface area contributed by atoms with Gasteiger partial charge in [-0.25, -0.2) is 13.4 Å². The number of thioether (sulfide) groups is 1. The van der Waals surface area contributed by atoms with Gasteiger partial charge in [-0.3, -0.25) is 9.69 Å². The molecule has 1 amide bonds. The quantitative estimate of drug-likeness (QED) is 0.347. The van der Waals surface area contributed by atoms with Gasteiger partial charge in [-0.05, 0) is 56.6 Å². The minimum Gasteiger partial charge on any atom is -0.302 e. The fraction of sp³-hybridized carbons (Fsp3) is 0.417. The molecule has 0 unspecified atom stereocenters. The first kappa shape index (κ1) is 25.7. The highest BCUT2D eigenvalue weighted by Crippen LogP contribution is 2.32. The van der Waals surface area contributed by atoms with Gasteiger partial charge < -0.3 is 4.90 Å². The van der Waals surface area contributed by atoms with Crippen molar-refractivity contribution in [3.8, 4) is 0 Å². The lowest BCUT2D eigenvalue weighted by Crippen LogP contribution is -2.39. The summed E-state index contributed by atoms with van der Waals surface area (Å²) in [5.74, 6) is -0.444. The van der Waals surface area contributed by atoms with Crippen molar-refractivity contribution >= 4 is 54.2 Å². The third kappa shape index (κ3) is 6.56. The van der Waals surface area contributed by atoms with E-state index in [9.17, 15) is 13.2 Å². The number of amides is 1. The first-order valence-corrected chi connectivity index (χ1v) is 14.7. The molecule has 0 aliphatic carbocycles. The second kappa shape index (κ2) is 11.5. The first-order valence-electron chi connectivity index (χ1n) is 11.0. The Hall–Kier alpha value is -1.94. The van der Waals surface area contributed by atoms with Crippen molar-refractivity contribution in [2.45, 2.75) is 37.0 Å². The molecule has 2 aromatic carbocycles. The molecule has 178 valence electrons. The van der Waals surface area contributed by atoms with Crippen LogP contribution < -0.4 is 4.90 Å². The molecule has 0 spiro atoms. The number of carbonyl (C=O) groups excluding carboxylic acids is 1. The lowest BCUT2D eigenvalue weighted by Gasteiger charge is -2.24. The number of aromatic nitrogens is 1. The number of benzene rings is 2. The van der Waals surface area contributed by atoms with Crippen LogP contribution >= 0.6 is 23.1 Å². The van der Waals surface area contributed by atoms with Crippen LogP contribution in [0.15, 0.2) is 52.3 Å². The molecule has 3 rings (SSSR count).